The molecule has 0 bridgehead atoms. The molecule has 2 heterocycles. The number of carbonyl (C=O) groups is 1. The van der Waals surface area contributed by atoms with E-state index in [0.29, 0.717) is 11.5 Å². The predicted octanol–water partition coefficient (Wildman–Crippen LogP) is 2.71. The quantitative estimate of drug-likeness (QED) is 0.650. The van der Waals surface area contributed by atoms with Crippen molar-refractivity contribution in [2.45, 2.75) is 20.3 Å². The third kappa shape index (κ3) is 3.94. The van der Waals surface area contributed by atoms with E-state index in [1.54, 1.807) is 6.20 Å². The van der Waals surface area contributed by atoms with E-state index in [9.17, 15) is 9.59 Å². The van der Waals surface area contributed by atoms with Gasteiger partial charge < -0.3 is 10.2 Å². The van der Waals surface area contributed by atoms with Crippen molar-refractivity contribution in [2.75, 3.05) is 24.5 Å². The molecule has 1 aromatic carbocycles. The molecule has 6 nitrogen and oxygen atoms in total. The van der Waals surface area contributed by atoms with Gasteiger partial charge in [-0.2, -0.15) is 0 Å². The summed E-state index contributed by atoms with van der Waals surface area (Å²) in [6, 6.07) is 10.2. The second-order valence-corrected chi connectivity index (χ2v) is 7.21. The van der Waals surface area contributed by atoms with E-state index in [2.05, 4.69) is 34.3 Å². The molecule has 0 aliphatic heterocycles. The molecule has 0 unspecified atom stereocenters. The van der Waals surface area contributed by atoms with Gasteiger partial charge in [-0.1, -0.05) is 18.2 Å². The molecule has 2 aromatic heterocycles. The van der Waals surface area contributed by atoms with Gasteiger partial charge in [0.2, 0.25) is 0 Å². The normalized spacial score (nSPS) is 10.8. The second kappa shape index (κ2) is 8.14. The van der Waals surface area contributed by atoms with Crippen molar-refractivity contribution in [1.82, 2.24) is 14.7 Å². The Bertz CT molecular complexity index is 949. The molecule has 136 valence electrons. The minimum Gasteiger partial charge on any atom is -0.372 e. The summed E-state index contributed by atoms with van der Waals surface area (Å²) in [6.07, 6.45) is 3.87. The Hall–Kier alpha value is -2.67. The summed E-state index contributed by atoms with van der Waals surface area (Å²) in [6.45, 7) is 6.26. The number of para-hydroxylation sites is 1. The first-order valence-corrected chi connectivity index (χ1v) is 9.47. The fourth-order valence-corrected chi connectivity index (χ4v) is 3.61. The van der Waals surface area contributed by atoms with Crippen molar-refractivity contribution < 1.29 is 4.79 Å². The van der Waals surface area contributed by atoms with Crippen LogP contribution in [0.1, 0.15) is 28.6 Å². The molecule has 0 spiro atoms. The molecule has 1 N–H and O–H groups in total. The molecule has 0 saturated carbocycles. The van der Waals surface area contributed by atoms with Gasteiger partial charge in [0.15, 0.2) is 4.96 Å². The Balaban J connectivity index is 1.57. The third-order valence-corrected chi connectivity index (χ3v) is 5.07. The number of fused-ring (bicyclic) bond motifs is 1. The van der Waals surface area contributed by atoms with Crippen molar-refractivity contribution in [3.05, 3.63) is 63.5 Å². The number of hydrogen-bond acceptors (Lipinski definition) is 5. The van der Waals surface area contributed by atoms with Crippen molar-refractivity contribution in [1.29, 1.82) is 0 Å². The van der Waals surface area contributed by atoms with Gasteiger partial charge in [0.1, 0.15) is 5.56 Å². The number of aromatic nitrogens is 2. The lowest BCUT2D eigenvalue weighted by atomic mass is 10.2. The van der Waals surface area contributed by atoms with Crippen LogP contribution < -0.4 is 15.8 Å². The molecule has 0 fully saturated rings. The van der Waals surface area contributed by atoms with Crippen LogP contribution in [0.3, 0.4) is 0 Å². The summed E-state index contributed by atoms with van der Waals surface area (Å²) < 4.78 is 1.43. The SMILES string of the molecule is CCN(CCCNC(=O)c1cnc2sc(C)cn2c1=O)c1ccccc1. The van der Waals surface area contributed by atoms with Crippen molar-refractivity contribution in [3.63, 3.8) is 0 Å². The highest BCUT2D eigenvalue weighted by Crippen LogP contribution is 2.13. The zero-order valence-corrected chi connectivity index (χ0v) is 15.8. The van der Waals surface area contributed by atoms with E-state index >= 15 is 0 Å². The van der Waals surface area contributed by atoms with Gasteiger partial charge in [-0.05, 0) is 32.4 Å². The molecule has 3 rings (SSSR count). The maximum atomic E-state index is 12.4. The molecular formula is C19H22N4O2S. The Kier molecular flexibility index (Phi) is 5.68. The number of aryl methyl sites for hydroxylation is 1. The molecule has 1 amide bonds. The summed E-state index contributed by atoms with van der Waals surface area (Å²) in [7, 11) is 0. The van der Waals surface area contributed by atoms with Crippen LogP contribution in [0.15, 0.2) is 47.5 Å². The van der Waals surface area contributed by atoms with E-state index in [4.69, 9.17) is 0 Å². The van der Waals surface area contributed by atoms with Crippen LogP contribution in [0.2, 0.25) is 0 Å². The second-order valence-electron chi connectivity index (χ2n) is 6.00. The van der Waals surface area contributed by atoms with Gasteiger partial charge in [-0.3, -0.25) is 14.0 Å². The maximum absolute atomic E-state index is 12.4. The number of hydrogen-bond donors (Lipinski definition) is 1. The Morgan fingerprint density at radius 1 is 1.31 bits per heavy atom. The van der Waals surface area contributed by atoms with Gasteiger partial charge in [-0.15, -0.1) is 11.3 Å². The average Bonchev–Trinajstić information content (AvgIpc) is 3.04. The molecular weight excluding hydrogens is 348 g/mol. The van der Waals surface area contributed by atoms with Crippen LogP contribution in [0.5, 0.6) is 0 Å². The van der Waals surface area contributed by atoms with Crippen LogP contribution in [0, 0.1) is 6.92 Å². The summed E-state index contributed by atoms with van der Waals surface area (Å²) in [5.74, 6) is -0.372. The zero-order chi connectivity index (χ0) is 18.5. The summed E-state index contributed by atoms with van der Waals surface area (Å²) in [4.78, 5) is 32.8. The molecule has 7 heteroatoms. The highest BCUT2D eigenvalue weighted by Gasteiger charge is 2.14. The van der Waals surface area contributed by atoms with Gasteiger partial charge in [0, 0.05) is 42.6 Å². The van der Waals surface area contributed by atoms with Crippen LogP contribution in [-0.4, -0.2) is 34.9 Å². The Labute approximate surface area is 156 Å². The number of anilines is 1. The van der Waals surface area contributed by atoms with E-state index in [1.165, 1.54) is 27.6 Å². The molecule has 0 atom stereocenters. The van der Waals surface area contributed by atoms with Crippen LogP contribution >= 0.6 is 11.3 Å². The first-order valence-electron chi connectivity index (χ1n) is 8.66. The van der Waals surface area contributed by atoms with Crippen LogP contribution in [0.4, 0.5) is 5.69 Å². The lowest BCUT2D eigenvalue weighted by molar-refractivity contribution is 0.0951. The fourth-order valence-electron chi connectivity index (χ4n) is 2.83. The maximum Gasteiger partial charge on any atom is 0.271 e. The van der Waals surface area contributed by atoms with E-state index < -0.39 is 0 Å². The highest BCUT2D eigenvalue weighted by molar-refractivity contribution is 7.16. The number of carbonyl (C=O) groups excluding carboxylic acids is 1. The van der Waals surface area contributed by atoms with E-state index in [1.807, 2.05) is 25.1 Å². The van der Waals surface area contributed by atoms with E-state index in [0.717, 1.165) is 24.4 Å². The lowest BCUT2D eigenvalue weighted by Crippen LogP contribution is -2.33. The van der Waals surface area contributed by atoms with Gasteiger partial charge in [0.05, 0.1) is 0 Å². The predicted molar refractivity (Wildman–Crippen MR) is 105 cm³/mol. The molecule has 0 aliphatic rings. The fraction of sp³-hybridized carbons (Fsp3) is 0.316. The number of thiazole rings is 1. The molecule has 3 aromatic rings. The Morgan fingerprint density at radius 2 is 2.08 bits per heavy atom. The zero-order valence-electron chi connectivity index (χ0n) is 14.9. The third-order valence-electron chi connectivity index (χ3n) is 4.16. The summed E-state index contributed by atoms with van der Waals surface area (Å²) in [5.41, 5.74) is 0.925. The van der Waals surface area contributed by atoms with Crippen LogP contribution in [0.25, 0.3) is 4.96 Å². The largest absolute Gasteiger partial charge is 0.372 e. The highest BCUT2D eigenvalue weighted by atomic mass is 32.1. The van der Waals surface area contributed by atoms with Crippen molar-refractivity contribution >= 4 is 27.9 Å². The molecule has 0 radical (unpaired) electrons. The van der Waals surface area contributed by atoms with Gasteiger partial charge in [0.25, 0.3) is 11.5 Å². The van der Waals surface area contributed by atoms with Crippen LogP contribution in [-0.2, 0) is 0 Å². The molecule has 0 aliphatic carbocycles. The molecule has 0 saturated heterocycles. The van der Waals surface area contributed by atoms with Gasteiger partial charge in [-0.25, -0.2) is 4.98 Å². The summed E-state index contributed by atoms with van der Waals surface area (Å²) >= 11 is 1.43. The van der Waals surface area contributed by atoms with E-state index in [-0.39, 0.29) is 17.0 Å². The number of nitrogens with one attached hydrogen (secondary N) is 1. The number of nitrogens with zero attached hydrogens (tertiary/aromatic N) is 3. The number of amides is 1. The monoisotopic (exact) mass is 370 g/mol. The smallest absolute Gasteiger partial charge is 0.271 e. The lowest BCUT2D eigenvalue weighted by Gasteiger charge is -2.23. The van der Waals surface area contributed by atoms with Gasteiger partial charge >= 0.3 is 0 Å². The number of rotatable bonds is 7. The number of benzene rings is 1. The first-order chi connectivity index (χ1) is 12.6. The minimum absolute atomic E-state index is 0.0794. The summed E-state index contributed by atoms with van der Waals surface area (Å²) in [5, 5.41) is 2.83. The molecule has 26 heavy (non-hydrogen) atoms. The topological polar surface area (TPSA) is 66.7 Å². The first kappa shape index (κ1) is 18.1. The van der Waals surface area contributed by atoms with Crippen molar-refractivity contribution in [3.8, 4) is 0 Å². The Morgan fingerprint density at radius 3 is 2.81 bits per heavy atom. The standard InChI is InChI=1S/C19H22N4O2S/c1-3-22(15-8-5-4-6-9-15)11-7-10-20-17(24)16-12-21-19-23(18(16)25)13-14(2)26-19/h4-6,8-9,12-13H,3,7,10-11H2,1-2H3,(H,20,24). The van der Waals surface area contributed by atoms with Crippen molar-refractivity contribution in [2.24, 2.45) is 0 Å². The minimum atomic E-state index is -0.372. The average molecular weight is 370 g/mol.